The predicted octanol–water partition coefficient (Wildman–Crippen LogP) is 0.125. The second kappa shape index (κ2) is 3.96. The lowest BCUT2D eigenvalue weighted by Gasteiger charge is -1.96. The van der Waals surface area contributed by atoms with Crippen LogP contribution < -0.4 is 0 Å². The quantitative estimate of drug-likeness (QED) is 0.594. The summed E-state index contributed by atoms with van der Waals surface area (Å²) in [5, 5.41) is 0. The smallest absolute Gasteiger partial charge is 0.287 e. The van der Waals surface area contributed by atoms with E-state index in [1.807, 2.05) is 0 Å². The number of hydrogen-bond acceptors (Lipinski definition) is 4. The maximum atomic E-state index is 11.7. The zero-order valence-electron chi connectivity index (χ0n) is 5.27. The fraction of sp³-hybridized carbons (Fsp3) is 1.00. The number of hydrogen-bond donors (Lipinski definition) is 0. The zero-order chi connectivity index (χ0) is 8.20. The standard InChI is InChI=1S/C2H6FNO4S2/c1-7-9(8-2)4-10(3,5)6/h1-2H3. The molecule has 0 aromatic heterocycles. The first-order valence-corrected chi connectivity index (χ1v) is 4.37. The number of halogens is 1. The molecule has 0 aromatic rings. The van der Waals surface area contributed by atoms with E-state index in [2.05, 4.69) is 12.1 Å². The molecule has 62 valence electrons. The normalized spacial score (nSPS) is 12.0. The van der Waals surface area contributed by atoms with E-state index in [9.17, 15) is 12.3 Å². The maximum absolute atomic E-state index is 11.7. The summed E-state index contributed by atoms with van der Waals surface area (Å²) in [6, 6.07) is 0. The highest BCUT2D eigenvalue weighted by Crippen LogP contribution is 1.98. The van der Waals surface area contributed by atoms with E-state index in [-0.39, 0.29) is 0 Å². The maximum Gasteiger partial charge on any atom is 0.427 e. The van der Waals surface area contributed by atoms with Crippen LogP contribution >= 0.6 is 0 Å². The molecule has 0 N–H and O–H groups in total. The molecule has 0 aliphatic rings. The molecule has 0 fully saturated rings. The van der Waals surface area contributed by atoms with Crippen molar-refractivity contribution in [3.8, 4) is 0 Å². The molecule has 0 radical (unpaired) electrons. The van der Waals surface area contributed by atoms with Crippen LogP contribution in [0, 0.1) is 0 Å². The van der Waals surface area contributed by atoms with Crippen molar-refractivity contribution >= 4 is 21.7 Å². The number of nitrogens with zero attached hydrogens (tertiary/aromatic N) is 1. The molecule has 0 atom stereocenters. The first-order chi connectivity index (χ1) is 4.49. The Morgan fingerprint density at radius 2 is 1.80 bits per heavy atom. The van der Waals surface area contributed by atoms with Gasteiger partial charge in [-0.15, -0.1) is 0 Å². The Balaban J connectivity index is 4.42. The molecule has 0 heterocycles. The second-order valence-corrected chi connectivity index (χ2v) is 3.56. The van der Waals surface area contributed by atoms with Gasteiger partial charge in [-0.1, -0.05) is 7.65 Å². The van der Waals surface area contributed by atoms with E-state index in [1.165, 1.54) is 0 Å². The topological polar surface area (TPSA) is 65.0 Å². The van der Waals surface area contributed by atoms with Crippen LogP contribution in [0.4, 0.5) is 3.89 Å². The van der Waals surface area contributed by atoms with Crippen LogP contribution in [0.5, 0.6) is 0 Å². The summed E-state index contributed by atoms with van der Waals surface area (Å²) in [4.78, 5) is 0. The van der Waals surface area contributed by atoms with Gasteiger partial charge in [0.2, 0.25) is 0 Å². The monoisotopic (exact) mass is 191 g/mol. The summed E-state index contributed by atoms with van der Waals surface area (Å²) >= 11 is -1.65. The minimum Gasteiger partial charge on any atom is -0.287 e. The molecule has 5 nitrogen and oxygen atoms in total. The van der Waals surface area contributed by atoms with Gasteiger partial charge in [-0.05, 0) is 0 Å². The fourth-order valence-corrected chi connectivity index (χ4v) is 1.41. The third-order valence-corrected chi connectivity index (χ3v) is 2.20. The largest absolute Gasteiger partial charge is 0.427 e. The fourth-order valence-electron chi connectivity index (χ4n) is 0.202. The Morgan fingerprint density at radius 1 is 1.40 bits per heavy atom. The van der Waals surface area contributed by atoms with Gasteiger partial charge in [-0.25, -0.2) is 0 Å². The molecular weight excluding hydrogens is 185 g/mol. The molecule has 8 heteroatoms. The third-order valence-electron chi connectivity index (χ3n) is 0.435. The van der Waals surface area contributed by atoms with Crippen molar-refractivity contribution in [3.05, 3.63) is 0 Å². The van der Waals surface area contributed by atoms with Crippen molar-refractivity contribution in [2.75, 3.05) is 14.2 Å². The molecule has 0 amide bonds. The first-order valence-electron chi connectivity index (χ1n) is 2.00. The summed E-state index contributed by atoms with van der Waals surface area (Å²) in [5.74, 6) is 0. The van der Waals surface area contributed by atoms with Gasteiger partial charge in [-0.3, -0.25) is 8.37 Å². The molecule has 0 saturated heterocycles. The summed E-state index contributed by atoms with van der Waals surface area (Å²) in [5.41, 5.74) is 0. The molecule has 0 bridgehead atoms. The van der Waals surface area contributed by atoms with Gasteiger partial charge < -0.3 is 0 Å². The Hall–Kier alpha value is -0.0500. The minimum atomic E-state index is -4.86. The average molecular weight is 191 g/mol. The van der Waals surface area contributed by atoms with Crippen LogP contribution in [0.25, 0.3) is 0 Å². The van der Waals surface area contributed by atoms with Gasteiger partial charge in [0.05, 0.1) is 14.2 Å². The predicted molar refractivity (Wildman–Crippen MR) is 33.8 cm³/mol. The van der Waals surface area contributed by atoms with Crippen LogP contribution in [0.15, 0.2) is 3.77 Å². The molecule has 0 unspecified atom stereocenters. The molecule has 0 aliphatic carbocycles. The number of rotatable bonds is 3. The zero-order valence-corrected chi connectivity index (χ0v) is 6.91. The highest BCUT2D eigenvalue weighted by atomic mass is 32.3. The summed E-state index contributed by atoms with van der Waals surface area (Å²) in [7, 11) is -2.55. The second-order valence-electron chi connectivity index (χ2n) is 1.04. The van der Waals surface area contributed by atoms with Gasteiger partial charge in [0, 0.05) is 0 Å². The van der Waals surface area contributed by atoms with Gasteiger partial charge in [0.15, 0.2) is 11.3 Å². The van der Waals surface area contributed by atoms with Crippen LogP contribution in [-0.4, -0.2) is 22.6 Å². The van der Waals surface area contributed by atoms with E-state index in [0.717, 1.165) is 14.2 Å². The Labute approximate surface area is 61.0 Å². The molecule has 10 heavy (non-hydrogen) atoms. The highest BCUT2D eigenvalue weighted by Gasteiger charge is 2.05. The Kier molecular flexibility index (Phi) is 3.94. The van der Waals surface area contributed by atoms with Gasteiger partial charge >= 0.3 is 10.4 Å². The van der Waals surface area contributed by atoms with Crippen LogP contribution in [-0.2, 0) is 30.0 Å². The van der Waals surface area contributed by atoms with Crippen LogP contribution in [0.1, 0.15) is 0 Å². The van der Waals surface area contributed by atoms with Crippen molar-refractivity contribution in [2.24, 2.45) is 3.77 Å². The molecule has 0 aromatic carbocycles. The van der Waals surface area contributed by atoms with Crippen molar-refractivity contribution in [1.82, 2.24) is 0 Å². The van der Waals surface area contributed by atoms with Crippen LogP contribution in [0.3, 0.4) is 0 Å². The van der Waals surface area contributed by atoms with E-state index >= 15 is 0 Å². The van der Waals surface area contributed by atoms with Gasteiger partial charge in [0.25, 0.3) is 0 Å². The molecule has 0 spiro atoms. The summed E-state index contributed by atoms with van der Waals surface area (Å²) < 4.78 is 42.3. The van der Waals surface area contributed by atoms with Crippen molar-refractivity contribution in [1.29, 1.82) is 0 Å². The Bertz CT molecular complexity index is 215. The van der Waals surface area contributed by atoms with E-state index in [4.69, 9.17) is 0 Å². The first kappa shape index (κ1) is 9.95. The minimum absolute atomic E-state index is 1.15. The summed E-state index contributed by atoms with van der Waals surface area (Å²) in [6.45, 7) is 0. The van der Waals surface area contributed by atoms with Gasteiger partial charge in [-0.2, -0.15) is 8.42 Å². The van der Waals surface area contributed by atoms with E-state index in [1.54, 1.807) is 0 Å². The molecule has 0 rings (SSSR count). The van der Waals surface area contributed by atoms with E-state index in [0.29, 0.717) is 0 Å². The van der Waals surface area contributed by atoms with Crippen LogP contribution in [0.2, 0.25) is 0 Å². The van der Waals surface area contributed by atoms with Gasteiger partial charge in [0.1, 0.15) is 0 Å². The lowest BCUT2D eigenvalue weighted by Crippen LogP contribution is -1.97. The molecule has 0 aliphatic heterocycles. The van der Waals surface area contributed by atoms with Crippen molar-refractivity contribution < 1.29 is 20.7 Å². The lowest BCUT2D eigenvalue weighted by atomic mass is 11.8. The highest BCUT2D eigenvalue weighted by molar-refractivity contribution is 7.93. The van der Waals surface area contributed by atoms with Crippen molar-refractivity contribution in [3.63, 3.8) is 0 Å². The third kappa shape index (κ3) is 4.79. The lowest BCUT2D eigenvalue weighted by molar-refractivity contribution is 0.368. The van der Waals surface area contributed by atoms with E-state index < -0.39 is 21.7 Å². The molecule has 0 saturated carbocycles. The average Bonchev–Trinajstić information content (AvgIpc) is 1.81. The SMILES string of the molecule is COS(=NS(=O)(=O)F)OC. The van der Waals surface area contributed by atoms with Crippen molar-refractivity contribution in [2.45, 2.75) is 0 Å². The summed E-state index contributed by atoms with van der Waals surface area (Å²) in [6.07, 6.45) is 0. The molecular formula is C2H6FNO4S2. The Morgan fingerprint density at radius 3 is 1.90 bits per heavy atom.